The van der Waals surface area contributed by atoms with Gasteiger partial charge in [0.25, 0.3) is 5.91 Å². The second-order valence-electron chi connectivity index (χ2n) is 7.10. The van der Waals surface area contributed by atoms with Crippen molar-refractivity contribution in [1.29, 1.82) is 0 Å². The van der Waals surface area contributed by atoms with Gasteiger partial charge in [-0.3, -0.25) is 9.59 Å². The van der Waals surface area contributed by atoms with Crippen LogP contribution in [-0.4, -0.2) is 59.9 Å². The molecule has 4 rings (SSSR count). The summed E-state index contributed by atoms with van der Waals surface area (Å²) in [5, 5.41) is 0.832. The van der Waals surface area contributed by atoms with Gasteiger partial charge >= 0.3 is 0 Å². The van der Waals surface area contributed by atoms with Crippen molar-refractivity contribution >= 4 is 22.7 Å². The van der Waals surface area contributed by atoms with E-state index in [0.29, 0.717) is 31.7 Å². The van der Waals surface area contributed by atoms with E-state index in [0.717, 1.165) is 27.9 Å². The van der Waals surface area contributed by atoms with Crippen molar-refractivity contribution in [2.75, 3.05) is 33.3 Å². The normalized spacial score (nSPS) is 14.1. The highest BCUT2D eigenvalue weighted by molar-refractivity contribution is 6.07. The Balaban J connectivity index is 1.73. The van der Waals surface area contributed by atoms with Crippen LogP contribution in [0.2, 0.25) is 0 Å². The first-order valence-electron chi connectivity index (χ1n) is 9.66. The Kier molecular flexibility index (Phi) is 5.16. The molecule has 0 saturated carbocycles. The summed E-state index contributed by atoms with van der Waals surface area (Å²) >= 11 is 0. The van der Waals surface area contributed by atoms with Crippen LogP contribution in [0.4, 0.5) is 0 Å². The van der Waals surface area contributed by atoms with Crippen molar-refractivity contribution in [3.8, 4) is 17.0 Å². The lowest BCUT2D eigenvalue weighted by atomic mass is 10.0. The third-order valence-electron chi connectivity index (χ3n) is 5.32. The molecule has 0 spiro atoms. The van der Waals surface area contributed by atoms with Crippen molar-refractivity contribution in [3.63, 3.8) is 0 Å². The number of amides is 2. The van der Waals surface area contributed by atoms with E-state index < -0.39 is 0 Å². The number of benzene rings is 2. The van der Waals surface area contributed by atoms with Gasteiger partial charge in [0.1, 0.15) is 5.75 Å². The van der Waals surface area contributed by atoms with Gasteiger partial charge in [-0.05, 0) is 24.3 Å². The summed E-state index contributed by atoms with van der Waals surface area (Å²) in [5.74, 6) is 0.758. The number of hydrogen-bond acceptors (Lipinski definition) is 4. The number of piperazine rings is 1. The monoisotopic (exact) mass is 389 g/mol. The van der Waals surface area contributed by atoms with Crippen LogP contribution < -0.4 is 4.74 Å². The van der Waals surface area contributed by atoms with Crippen molar-refractivity contribution in [2.24, 2.45) is 0 Å². The number of aromatic nitrogens is 1. The van der Waals surface area contributed by atoms with Gasteiger partial charge in [-0.25, -0.2) is 4.98 Å². The van der Waals surface area contributed by atoms with Crippen LogP contribution in [-0.2, 0) is 4.79 Å². The number of ether oxygens (including phenoxy) is 1. The topological polar surface area (TPSA) is 62.7 Å². The van der Waals surface area contributed by atoms with E-state index >= 15 is 0 Å². The zero-order valence-electron chi connectivity index (χ0n) is 16.6. The molecule has 29 heavy (non-hydrogen) atoms. The lowest BCUT2D eigenvalue weighted by Gasteiger charge is -2.34. The van der Waals surface area contributed by atoms with E-state index in [2.05, 4.69) is 0 Å². The zero-order valence-corrected chi connectivity index (χ0v) is 16.6. The Morgan fingerprint density at radius 1 is 0.931 bits per heavy atom. The van der Waals surface area contributed by atoms with Crippen molar-refractivity contribution in [3.05, 3.63) is 60.2 Å². The largest absolute Gasteiger partial charge is 0.497 e. The van der Waals surface area contributed by atoms with E-state index in [4.69, 9.17) is 9.72 Å². The molecule has 0 unspecified atom stereocenters. The minimum Gasteiger partial charge on any atom is -0.497 e. The van der Waals surface area contributed by atoms with Gasteiger partial charge < -0.3 is 14.5 Å². The number of rotatable bonds is 3. The average Bonchev–Trinajstić information content (AvgIpc) is 2.78. The number of para-hydroxylation sites is 1. The average molecular weight is 389 g/mol. The predicted molar refractivity (Wildman–Crippen MR) is 112 cm³/mol. The lowest BCUT2D eigenvalue weighted by Crippen LogP contribution is -2.50. The minimum absolute atomic E-state index is 0.0315. The molecule has 6 heteroatoms. The quantitative estimate of drug-likeness (QED) is 0.690. The summed E-state index contributed by atoms with van der Waals surface area (Å²) in [6.45, 7) is 3.75. The van der Waals surface area contributed by atoms with Crippen molar-refractivity contribution < 1.29 is 14.3 Å². The van der Waals surface area contributed by atoms with Crippen LogP contribution in [0.1, 0.15) is 17.3 Å². The van der Waals surface area contributed by atoms with Gasteiger partial charge in [0, 0.05) is 44.1 Å². The van der Waals surface area contributed by atoms with Gasteiger partial charge in [0.15, 0.2) is 0 Å². The van der Waals surface area contributed by atoms with Crippen LogP contribution in [0.5, 0.6) is 5.75 Å². The third-order valence-corrected chi connectivity index (χ3v) is 5.32. The van der Waals surface area contributed by atoms with Crippen LogP contribution >= 0.6 is 0 Å². The minimum atomic E-state index is -0.0315. The summed E-state index contributed by atoms with van der Waals surface area (Å²) in [6.07, 6.45) is 0. The zero-order chi connectivity index (χ0) is 20.4. The van der Waals surface area contributed by atoms with Crippen LogP contribution in [0.3, 0.4) is 0 Å². The molecule has 2 aromatic carbocycles. The molecule has 2 amide bonds. The Labute approximate surface area is 169 Å². The molecule has 1 aliphatic heterocycles. The summed E-state index contributed by atoms with van der Waals surface area (Å²) in [5.41, 5.74) is 3.03. The van der Waals surface area contributed by atoms with Crippen molar-refractivity contribution in [1.82, 2.24) is 14.8 Å². The molecule has 3 aromatic rings. The van der Waals surface area contributed by atoms with E-state index in [1.54, 1.807) is 18.9 Å². The molecule has 1 saturated heterocycles. The Hall–Kier alpha value is -3.41. The van der Waals surface area contributed by atoms with Crippen LogP contribution in [0.15, 0.2) is 54.6 Å². The fraction of sp³-hybridized carbons (Fsp3) is 0.261. The van der Waals surface area contributed by atoms with Crippen LogP contribution in [0, 0.1) is 0 Å². The molecule has 0 atom stereocenters. The van der Waals surface area contributed by atoms with E-state index in [1.807, 2.05) is 59.5 Å². The fourth-order valence-corrected chi connectivity index (χ4v) is 3.68. The Morgan fingerprint density at radius 3 is 2.38 bits per heavy atom. The first kappa shape index (κ1) is 18.9. The number of pyridine rings is 1. The molecule has 0 bridgehead atoms. The molecule has 0 aliphatic carbocycles. The highest BCUT2D eigenvalue weighted by Gasteiger charge is 2.25. The highest BCUT2D eigenvalue weighted by atomic mass is 16.5. The second kappa shape index (κ2) is 7.91. The van der Waals surface area contributed by atoms with Gasteiger partial charge in [-0.15, -0.1) is 0 Å². The summed E-state index contributed by atoms with van der Waals surface area (Å²) < 4.78 is 5.33. The smallest absolute Gasteiger partial charge is 0.254 e. The number of carbonyl (C=O) groups excluding carboxylic acids is 2. The summed E-state index contributed by atoms with van der Waals surface area (Å²) in [7, 11) is 1.63. The second-order valence-corrected chi connectivity index (χ2v) is 7.10. The molecule has 2 heterocycles. The number of nitrogens with zero attached hydrogens (tertiary/aromatic N) is 3. The van der Waals surface area contributed by atoms with Gasteiger partial charge in [0.2, 0.25) is 5.91 Å². The Morgan fingerprint density at radius 2 is 1.66 bits per heavy atom. The SMILES string of the molecule is COc1cccc(-c2cc(C(=O)N3CCN(C(C)=O)CC3)c3ccccc3n2)c1. The number of hydrogen-bond donors (Lipinski definition) is 0. The fourth-order valence-electron chi connectivity index (χ4n) is 3.68. The maximum atomic E-state index is 13.4. The number of fused-ring (bicyclic) bond motifs is 1. The van der Waals surface area contributed by atoms with E-state index in [9.17, 15) is 9.59 Å². The highest BCUT2D eigenvalue weighted by Crippen LogP contribution is 2.28. The summed E-state index contributed by atoms with van der Waals surface area (Å²) in [4.78, 5) is 33.3. The Bertz CT molecular complexity index is 1070. The standard InChI is InChI=1S/C23H23N3O3/c1-16(27)25-10-12-26(13-11-25)23(28)20-15-22(17-6-5-7-18(14-17)29-2)24-21-9-4-3-8-19(20)21/h3-9,14-15H,10-13H2,1-2H3. The molecule has 1 fully saturated rings. The first-order valence-corrected chi connectivity index (χ1v) is 9.66. The molecule has 1 aliphatic rings. The van der Waals surface area contributed by atoms with Crippen LogP contribution in [0.25, 0.3) is 22.2 Å². The molecule has 1 aromatic heterocycles. The number of carbonyl (C=O) groups is 2. The van der Waals surface area contributed by atoms with E-state index in [1.165, 1.54) is 0 Å². The lowest BCUT2D eigenvalue weighted by molar-refractivity contribution is -0.130. The van der Waals surface area contributed by atoms with E-state index in [-0.39, 0.29) is 11.8 Å². The first-order chi connectivity index (χ1) is 14.1. The maximum absolute atomic E-state index is 13.4. The third kappa shape index (κ3) is 3.78. The molecule has 148 valence electrons. The summed E-state index contributed by atoms with van der Waals surface area (Å²) in [6, 6.07) is 17.2. The van der Waals surface area contributed by atoms with Crippen molar-refractivity contribution in [2.45, 2.75) is 6.92 Å². The molecular weight excluding hydrogens is 366 g/mol. The molecule has 0 N–H and O–H groups in total. The van der Waals surface area contributed by atoms with Gasteiger partial charge in [0.05, 0.1) is 23.9 Å². The molecular formula is C23H23N3O3. The van der Waals surface area contributed by atoms with Gasteiger partial charge in [-0.2, -0.15) is 0 Å². The number of methoxy groups -OCH3 is 1. The maximum Gasteiger partial charge on any atom is 0.254 e. The molecule has 6 nitrogen and oxygen atoms in total. The van der Waals surface area contributed by atoms with Gasteiger partial charge in [-0.1, -0.05) is 30.3 Å². The predicted octanol–water partition coefficient (Wildman–Crippen LogP) is 3.21. The molecule has 0 radical (unpaired) electrons.